The number of nitrogens with one attached hydrogen (secondary N) is 1. The van der Waals surface area contributed by atoms with Gasteiger partial charge < -0.3 is 10.4 Å². The van der Waals surface area contributed by atoms with Gasteiger partial charge in [0.1, 0.15) is 0 Å². The molecule has 0 atom stereocenters. The molecule has 1 aromatic heterocycles. The zero-order valence-corrected chi connectivity index (χ0v) is 12.9. The predicted octanol–water partition coefficient (Wildman–Crippen LogP) is 3.03. The van der Waals surface area contributed by atoms with Crippen LogP contribution in [0.25, 0.3) is 0 Å². The molecule has 0 spiro atoms. The van der Waals surface area contributed by atoms with Gasteiger partial charge in [-0.15, -0.1) is 0 Å². The van der Waals surface area contributed by atoms with Crippen molar-refractivity contribution >= 4 is 0 Å². The summed E-state index contributed by atoms with van der Waals surface area (Å²) in [4.78, 5) is 0. The van der Waals surface area contributed by atoms with Crippen molar-refractivity contribution in [3.8, 4) is 0 Å². The van der Waals surface area contributed by atoms with Gasteiger partial charge in [-0.2, -0.15) is 5.10 Å². The van der Waals surface area contributed by atoms with E-state index >= 15 is 0 Å². The number of rotatable bonds is 7. The van der Waals surface area contributed by atoms with E-state index in [-0.39, 0.29) is 12.1 Å². The molecule has 1 saturated carbocycles. The van der Waals surface area contributed by atoms with Gasteiger partial charge in [0.2, 0.25) is 0 Å². The second-order valence-electron chi connectivity index (χ2n) is 6.11. The Labute approximate surface area is 122 Å². The summed E-state index contributed by atoms with van der Waals surface area (Å²) in [6.45, 7) is 5.40. The lowest BCUT2D eigenvalue weighted by Gasteiger charge is -2.36. The molecular weight excluding hydrogens is 250 g/mol. The monoisotopic (exact) mass is 279 g/mol. The third-order valence-corrected chi connectivity index (χ3v) is 4.74. The second kappa shape index (κ2) is 7.23. The van der Waals surface area contributed by atoms with Crippen LogP contribution in [0.1, 0.15) is 70.5 Å². The van der Waals surface area contributed by atoms with Crippen LogP contribution in [0.3, 0.4) is 0 Å². The van der Waals surface area contributed by atoms with E-state index in [2.05, 4.69) is 41.2 Å². The minimum absolute atomic E-state index is 0.0725. The molecule has 0 radical (unpaired) electrons. The summed E-state index contributed by atoms with van der Waals surface area (Å²) in [5.41, 5.74) is 1.01. The predicted molar refractivity (Wildman–Crippen MR) is 81.6 cm³/mol. The molecule has 1 aliphatic carbocycles. The molecule has 0 aliphatic heterocycles. The summed E-state index contributed by atoms with van der Waals surface area (Å²) < 4.78 is 2.09. The van der Waals surface area contributed by atoms with Crippen LogP contribution in [-0.2, 0) is 6.54 Å². The van der Waals surface area contributed by atoms with Crippen LogP contribution in [0, 0.1) is 0 Å². The highest BCUT2D eigenvalue weighted by Gasteiger charge is 2.30. The number of hydrogen-bond donors (Lipinski definition) is 2. The Hall–Kier alpha value is -0.870. The normalized spacial score (nSPS) is 18.6. The van der Waals surface area contributed by atoms with Gasteiger partial charge in [0.25, 0.3) is 0 Å². The van der Waals surface area contributed by atoms with Crippen LogP contribution in [0.2, 0.25) is 0 Å². The fraction of sp³-hybridized carbons (Fsp3) is 0.812. The standard InChI is InChI=1S/C16H29N3O/c1-3-15(4-2)19-11-8-14(18-19)12-17-16(13-20)9-6-5-7-10-16/h8,11,15,17,20H,3-7,9-10,12-13H2,1-2H3. The van der Waals surface area contributed by atoms with Crippen LogP contribution in [0.5, 0.6) is 0 Å². The molecule has 4 heteroatoms. The maximum absolute atomic E-state index is 9.70. The maximum Gasteiger partial charge on any atom is 0.0762 e. The molecule has 2 rings (SSSR count). The van der Waals surface area contributed by atoms with E-state index in [4.69, 9.17) is 0 Å². The molecular formula is C16H29N3O. The molecule has 114 valence electrons. The third-order valence-electron chi connectivity index (χ3n) is 4.74. The van der Waals surface area contributed by atoms with Gasteiger partial charge >= 0.3 is 0 Å². The van der Waals surface area contributed by atoms with E-state index in [1.165, 1.54) is 19.3 Å². The maximum atomic E-state index is 9.70. The number of aliphatic hydroxyl groups is 1. The highest BCUT2D eigenvalue weighted by molar-refractivity contribution is 5.02. The molecule has 1 aliphatic rings. The van der Waals surface area contributed by atoms with E-state index in [0.717, 1.165) is 37.9 Å². The summed E-state index contributed by atoms with van der Waals surface area (Å²) in [6.07, 6.45) is 10.2. The van der Waals surface area contributed by atoms with Gasteiger partial charge in [-0.1, -0.05) is 33.1 Å². The molecule has 0 saturated heterocycles. The van der Waals surface area contributed by atoms with E-state index in [0.29, 0.717) is 6.04 Å². The lowest BCUT2D eigenvalue weighted by Crippen LogP contribution is -2.49. The van der Waals surface area contributed by atoms with E-state index in [9.17, 15) is 5.11 Å². The Morgan fingerprint density at radius 1 is 1.30 bits per heavy atom. The van der Waals surface area contributed by atoms with Crippen molar-refractivity contribution in [1.29, 1.82) is 0 Å². The number of hydrogen-bond acceptors (Lipinski definition) is 3. The number of aliphatic hydroxyl groups excluding tert-OH is 1. The van der Waals surface area contributed by atoms with E-state index in [1.54, 1.807) is 0 Å². The topological polar surface area (TPSA) is 50.1 Å². The zero-order valence-electron chi connectivity index (χ0n) is 12.9. The van der Waals surface area contributed by atoms with Crippen LogP contribution in [-0.4, -0.2) is 27.0 Å². The van der Waals surface area contributed by atoms with Gasteiger partial charge in [-0.05, 0) is 31.7 Å². The average Bonchev–Trinajstić information content (AvgIpc) is 2.96. The molecule has 0 aromatic carbocycles. The summed E-state index contributed by atoms with van der Waals surface area (Å²) in [7, 11) is 0. The largest absolute Gasteiger partial charge is 0.394 e. The fourth-order valence-electron chi connectivity index (χ4n) is 3.24. The van der Waals surface area contributed by atoms with Crippen LogP contribution < -0.4 is 5.32 Å². The molecule has 0 unspecified atom stereocenters. The average molecular weight is 279 g/mol. The second-order valence-corrected chi connectivity index (χ2v) is 6.11. The van der Waals surface area contributed by atoms with Crippen molar-refractivity contribution in [3.05, 3.63) is 18.0 Å². The minimum Gasteiger partial charge on any atom is -0.394 e. The first-order valence-corrected chi connectivity index (χ1v) is 8.13. The zero-order chi connectivity index (χ0) is 14.4. The molecule has 2 N–H and O–H groups in total. The van der Waals surface area contributed by atoms with Crippen molar-refractivity contribution in [2.24, 2.45) is 0 Å². The smallest absolute Gasteiger partial charge is 0.0762 e. The number of aromatic nitrogens is 2. The summed E-state index contributed by atoms with van der Waals surface area (Å²) >= 11 is 0. The summed E-state index contributed by atoms with van der Waals surface area (Å²) in [6, 6.07) is 2.60. The van der Waals surface area contributed by atoms with Crippen LogP contribution in [0.15, 0.2) is 12.3 Å². The Balaban J connectivity index is 1.93. The highest BCUT2D eigenvalue weighted by Crippen LogP contribution is 2.28. The van der Waals surface area contributed by atoms with Crippen LogP contribution in [0.4, 0.5) is 0 Å². The lowest BCUT2D eigenvalue weighted by atomic mass is 9.82. The Kier molecular flexibility index (Phi) is 5.61. The Bertz CT molecular complexity index is 392. The first kappa shape index (κ1) is 15.5. The van der Waals surface area contributed by atoms with Crippen molar-refractivity contribution in [1.82, 2.24) is 15.1 Å². The van der Waals surface area contributed by atoms with E-state index in [1.807, 2.05) is 0 Å². The van der Waals surface area contributed by atoms with Gasteiger partial charge in [-0.3, -0.25) is 4.68 Å². The Morgan fingerprint density at radius 2 is 2.00 bits per heavy atom. The third kappa shape index (κ3) is 3.61. The molecule has 4 nitrogen and oxygen atoms in total. The summed E-state index contributed by atoms with van der Waals surface area (Å²) in [5.74, 6) is 0. The molecule has 1 fully saturated rings. The van der Waals surface area contributed by atoms with Crippen molar-refractivity contribution in [2.45, 2.75) is 76.9 Å². The molecule has 0 bridgehead atoms. The van der Waals surface area contributed by atoms with Crippen molar-refractivity contribution in [3.63, 3.8) is 0 Å². The molecule has 1 aromatic rings. The van der Waals surface area contributed by atoms with Gasteiger partial charge in [-0.25, -0.2) is 0 Å². The highest BCUT2D eigenvalue weighted by atomic mass is 16.3. The first-order valence-electron chi connectivity index (χ1n) is 8.13. The summed E-state index contributed by atoms with van der Waals surface area (Å²) in [5, 5.41) is 17.9. The molecule has 0 amide bonds. The van der Waals surface area contributed by atoms with Crippen LogP contribution >= 0.6 is 0 Å². The molecule has 20 heavy (non-hydrogen) atoms. The first-order chi connectivity index (χ1) is 9.73. The van der Waals surface area contributed by atoms with Gasteiger partial charge in [0.15, 0.2) is 0 Å². The number of nitrogens with zero attached hydrogens (tertiary/aromatic N) is 2. The Morgan fingerprint density at radius 3 is 2.60 bits per heavy atom. The molecule has 1 heterocycles. The van der Waals surface area contributed by atoms with Gasteiger partial charge in [0, 0.05) is 18.3 Å². The quantitative estimate of drug-likeness (QED) is 0.806. The van der Waals surface area contributed by atoms with Gasteiger partial charge in [0.05, 0.1) is 18.3 Å². The van der Waals surface area contributed by atoms with E-state index < -0.39 is 0 Å². The minimum atomic E-state index is -0.0725. The van der Waals surface area contributed by atoms with Crippen molar-refractivity contribution < 1.29 is 5.11 Å². The lowest BCUT2D eigenvalue weighted by molar-refractivity contribution is 0.119. The fourth-order valence-corrected chi connectivity index (χ4v) is 3.24. The SMILES string of the molecule is CCC(CC)n1ccc(CNC2(CO)CCCCC2)n1. The van der Waals surface area contributed by atoms with Crippen molar-refractivity contribution in [2.75, 3.05) is 6.61 Å².